The SMILES string of the molecule is Cc1ccc(C2SCC3C(=O)N(c4cc(C)n(C)n4)C(=S)N32)cc1. The molecule has 24 heavy (non-hydrogen) atoms. The second kappa shape index (κ2) is 5.60. The molecule has 2 aromatic rings. The van der Waals surface area contributed by atoms with E-state index in [0.717, 1.165) is 11.4 Å². The zero-order valence-corrected chi connectivity index (χ0v) is 15.4. The zero-order chi connectivity index (χ0) is 17.0. The summed E-state index contributed by atoms with van der Waals surface area (Å²) in [4.78, 5) is 16.5. The highest BCUT2D eigenvalue weighted by molar-refractivity contribution is 7.99. The number of anilines is 1. The third-order valence-corrected chi connectivity index (χ3v) is 6.33. The maximum absolute atomic E-state index is 12.9. The van der Waals surface area contributed by atoms with Crippen molar-refractivity contribution >= 4 is 40.8 Å². The van der Waals surface area contributed by atoms with Crippen molar-refractivity contribution < 1.29 is 4.79 Å². The van der Waals surface area contributed by atoms with Gasteiger partial charge in [-0.15, -0.1) is 11.8 Å². The lowest BCUT2D eigenvalue weighted by molar-refractivity contribution is -0.119. The molecule has 4 rings (SSSR count). The van der Waals surface area contributed by atoms with Crippen LogP contribution in [0.4, 0.5) is 5.82 Å². The molecule has 2 aliphatic rings. The van der Waals surface area contributed by atoms with Gasteiger partial charge in [-0.25, -0.2) is 4.90 Å². The second-order valence-corrected chi connectivity index (χ2v) is 7.72. The Morgan fingerprint density at radius 3 is 2.58 bits per heavy atom. The van der Waals surface area contributed by atoms with Gasteiger partial charge in [-0.2, -0.15) is 5.10 Å². The van der Waals surface area contributed by atoms with E-state index >= 15 is 0 Å². The van der Waals surface area contributed by atoms with E-state index in [1.54, 1.807) is 21.3 Å². The van der Waals surface area contributed by atoms with Crippen LogP contribution in [0.2, 0.25) is 0 Å². The number of rotatable bonds is 2. The molecule has 7 heteroatoms. The Kier molecular flexibility index (Phi) is 3.65. The van der Waals surface area contributed by atoms with Crippen molar-refractivity contribution in [2.45, 2.75) is 25.3 Å². The molecule has 2 fully saturated rings. The molecule has 2 saturated heterocycles. The minimum Gasteiger partial charge on any atom is -0.319 e. The highest BCUT2D eigenvalue weighted by Crippen LogP contribution is 2.46. The highest BCUT2D eigenvalue weighted by atomic mass is 32.2. The minimum atomic E-state index is -0.198. The molecule has 1 aromatic carbocycles. The number of thiocarbonyl (C=S) groups is 1. The third kappa shape index (κ3) is 2.26. The summed E-state index contributed by atoms with van der Waals surface area (Å²) in [5.41, 5.74) is 3.41. The number of benzene rings is 1. The number of thioether (sulfide) groups is 1. The van der Waals surface area contributed by atoms with Gasteiger partial charge < -0.3 is 4.90 Å². The summed E-state index contributed by atoms with van der Waals surface area (Å²) in [5.74, 6) is 1.40. The van der Waals surface area contributed by atoms with Crippen LogP contribution in [0.15, 0.2) is 30.3 Å². The number of amides is 1. The van der Waals surface area contributed by atoms with E-state index in [0.29, 0.717) is 10.9 Å². The lowest BCUT2D eigenvalue weighted by Crippen LogP contribution is -2.33. The number of fused-ring (bicyclic) bond motifs is 1. The van der Waals surface area contributed by atoms with Gasteiger partial charge in [0.25, 0.3) is 5.91 Å². The maximum atomic E-state index is 12.9. The van der Waals surface area contributed by atoms with Gasteiger partial charge in [-0.1, -0.05) is 29.8 Å². The first-order chi connectivity index (χ1) is 11.5. The number of nitrogens with zero attached hydrogens (tertiary/aromatic N) is 4. The molecule has 1 aromatic heterocycles. The van der Waals surface area contributed by atoms with Crippen molar-refractivity contribution in [3.8, 4) is 0 Å². The van der Waals surface area contributed by atoms with Crippen molar-refractivity contribution in [1.82, 2.24) is 14.7 Å². The lowest BCUT2D eigenvalue weighted by Gasteiger charge is -2.25. The molecule has 0 bridgehead atoms. The van der Waals surface area contributed by atoms with Crippen LogP contribution in [0.3, 0.4) is 0 Å². The molecule has 2 unspecified atom stereocenters. The molecule has 0 aliphatic carbocycles. The van der Waals surface area contributed by atoms with E-state index < -0.39 is 0 Å². The van der Waals surface area contributed by atoms with Crippen LogP contribution in [-0.2, 0) is 11.8 Å². The van der Waals surface area contributed by atoms with E-state index in [1.165, 1.54) is 11.1 Å². The number of hydrogen-bond acceptors (Lipinski definition) is 4. The topological polar surface area (TPSA) is 41.4 Å². The fraction of sp³-hybridized carbons (Fsp3) is 0.353. The molecule has 0 spiro atoms. The predicted molar refractivity (Wildman–Crippen MR) is 100 cm³/mol. The average molecular weight is 358 g/mol. The second-order valence-electron chi connectivity index (χ2n) is 6.24. The molecule has 124 valence electrons. The summed E-state index contributed by atoms with van der Waals surface area (Å²) >= 11 is 7.43. The normalized spacial score (nSPS) is 23.3. The highest BCUT2D eigenvalue weighted by Gasteiger charge is 2.51. The number of carbonyl (C=O) groups is 1. The fourth-order valence-corrected chi connectivity index (χ4v) is 5.05. The van der Waals surface area contributed by atoms with Crippen LogP contribution < -0.4 is 4.90 Å². The van der Waals surface area contributed by atoms with Crippen LogP contribution in [-0.4, -0.2) is 37.5 Å². The molecule has 0 N–H and O–H groups in total. The number of aryl methyl sites for hydroxylation is 3. The predicted octanol–water partition coefficient (Wildman–Crippen LogP) is 2.78. The molecule has 2 aliphatic heterocycles. The molecule has 3 heterocycles. The maximum Gasteiger partial charge on any atom is 0.258 e. The molecule has 0 radical (unpaired) electrons. The largest absolute Gasteiger partial charge is 0.319 e. The van der Waals surface area contributed by atoms with Crippen LogP contribution >= 0.6 is 24.0 Å². The van der Waals surface area contributed by atoms with Gasteiger partial charge in [0.2, 0.25) is 0 Å². The average Bonchev–Trinajstić information content (AvgIpc) is 3.18. The fourth-order valence-electron chi connectivity index (χ4n) is 3.14. The minimum absolute atomic E-state index is 0.0280. The van der Waals surface area contributed by atoms with Gasteiger partial charge >= 0.3 is 0 Å². The van der Waals surface area contributed by atoms with Crippen molar-refractivity contribution in [2.75, 3.05) is 10.7 Å². The molecule has 1 amide bonds. The first-order valence-electron chi connectivity index (χ1n) is 7.82. The zero-order valence-electron chi connectivity index (χ0n) is 13.8. The van der Waals surface area contributed by atoms with E-state index in [1.807, 2.05) is 20.0 Å². The molecular formula is C17H18N4OS2. The number of carbonyl (C=O) groups excluding carboxylic acids is 1. The van der Waals surface area contributed by atoms with E-state index in [2.05, 4.69) is 41.2 Å². The van der Waals surface area contributed by atoms with Crippen molar-refractivity contribution in [2.24, 2.45) is 7.05 Å². The van der Waals surface area contributed by atoms with Crippen molar-refractivity contribution in [3.63, 3.8) is 0 Å². The van der Waals surface area contributed by atoms with E-state index in [9.17, 15) is 4.79 Å². The first-order valence-corrected chi connectivity index (χ1v) is 9.28. The Balaban J connectivity index is 1.68. The van der Waals surface area contributed by atoms with Gasteiger partial charge in [-0.3, -0.25) is 9.48 Å². The Bertz CT molecular complexity index is 810. The van der Waals surface area contributed by atoms with Gasteiger partial charge in [0, 0.05) is 24.6 Å². The van der Waals surface area contributed by atoms with Crippen LogP contribution in [0, 0.1) is 13.8 Å². The summed E-state index contributed by atoms with van der Waals surface area (Å²) in [6.45, 7) is 4.04. The molecule has 5 nitrogen and oxygen atoms in total. The molecule has 2 atom stereocenters. The first kappa shape index (κ1) is 15.7. The molecule has 0 saturated carbocycles. The van der Waals surface area contributed by atoms with Gasteiger partial charge in [0.15, 0.2) is 10.9 Å². The lowest BCUT2D eigenvalue weighted by atomic mass is 10.1. The third-order valence-electron chi connectivity index (χ3n) is 4.61. The summed E-state index contributed by atoms with van der Waals surface area (Å²) in [6.07, 6.45) is 0. The number of hydrogen-bond donors (Lipinski definition) is 0. The van der Waals surface area contributed by atoms with Crippen LogP contribution in [0.1, 0.15) is 22.2 Å². The summed E-state index contributed by atoms with van der Waals surface area (Å²) in [7, 11) is 1.87. The Morgan fingerprint density at radius 2 is 1.96 bits per heavy atom. The van der Waals surface area contributed by atoms with Gasteiger partial charge in [-0.05, 0) is 31.6 Å². The van der Waals surface area contributed by atoms with Crippen LogP contribution in [0.5, 0.6) is 0 Å². The van der Waals surface area contributed by atoms with Crippen molar-refractivity contribution in [3.05, 3.63) is 47.2 Å². The summed E-state index contributed by atoms with van der Waals surface area (Å²) < 4.78 is 1.76. The monoisotopic (exact) mass is 358 g/mol. The van der Waals surface area contributed by atoms with Gasteiger partial charge in [0.05, 0.1) is 0 Å². The number of aromatic nitrogens is 2. The van der Waals surface area contributed by atoms with Crippen molar-refractivity contribution in [1.29, 1.82) is 0 Å². The summed E-state index contributed by atoms with van der Waals surface area (Å²) in [6, 6.07) is 10.1. The Labute approximate surface area is 150 Å². The molecular weight excluding hydrogens is 340 g/mol. The van der Waals surface area contributed by atoms with E-state index in [4.69, 9.17) is 12.2 Å². The van der Waals surface area contributed by atoms with E-state index in [-0.39, 0.29) is 17.3 Å². The Morgan fingerprint density at radius 1 is 1.25 bits per heavy atom. The summed E-state index contributed by atoms with van der Waals surface area (Å²) in [5, 5.41) is 5.07. The standard InChI is InChI=1S/C17H18N4OS2/c1-10-4-6-12(7-5-10)16-20-13(9-24-16)15(22)21(17(20)23)14-8-11(2)19(3)18-14/h4-8,13,16H,9H2,1-3H3. The Hall–Kier alpha value is -1.86. The van der Waals surface area contributed by atoms with Gasteiger partial charge in [0.1, 0.15) is 11.4 Å². The quantitative estimate of drug-likeness (QED) is 0.772. The smallest absolute Gasteiger partial charge is 0.258 e. The van der Waals surface area contributed by atoms with Crippen LogP contribution in [0.25, 0.3) is 0 Å².